The SMILES string of the molecule is CCOC(=O)c1cnc2cc(OCC)c(N3CCN(CC)CC3)cc2c1Nc1ccc(C)cc1F. The quantitative estimate of drug-likeness (QED) is 0.448. The number of anilines is 3. The summed E-state index contributed by atoms with van der Waals surface area (Å²) in [5.74, 6) is -0.163. The van der Waals surface area contributed by atoms with E-state index >= 15 is 0 Å². The Hall–Kier alpha value is -3.39. The molecule has 3 aromatic rings. The summed E-state index contributed by atoms with van der Waals surface area (Å²) in [4.78, 5) is 22.1. The number of nitrogens with zero attached hydrogens (tertiary/aromatic N) is 3. The van der Waals surface area contributed by atoms with Gasteiger partial charge in [-0.25, -0.2) is 9.18 Å². The fourth-order valence-corrected chi connectivity index (χ4v) is 4.39. The highest BCUT2D eigenvalue weighted by atomic mass is 19.1. The Morgan fingerprint density at radius 1 is 1.09 bits per heavy atom. The van der Waals surface area contributed by atoms with Crippen LogP contribution in [0, 0.1) is 12.7 Å². The van der Waals surface area contributed by atoms with E-state index in [-0.39, 0.29) is 17.9 Å². The van der Waals surface area contributed by atoms with E-state index < -0.39 is 11.8 Å². The highest BCUT2D eigenvalue weighted by Gasteiger charge is 2.23. The second-order valence-electron chi connectivity index (χ2n) is 8.57. The van der Waals surface area contributed by atoms with Gasteiger partial charge < -0.3 is 24.6 Å². The molecule has 8 heteroatoms. The first-order valence-corrected chi connectivity index (χ1v) is 12.2. The number of aryl methyl sites for hydroxylation is 1. The first kappa shape index (κ1) is 24.7. The van der Waals surface area contributed by atoms with Crippen molar-refractivity contribution in [3.63, 3.8) is 0 Å². The van der Waals surface area contributed by atoms with Gasteiger partial charge in [-0.1, -0.05) is 13.0 Å². The zero-order chi connectivity index (χ0) is 24.9. The molecule has 2 aromatic carbocycles. The van der Waals surface area contributed by atoms with Gasteiger partial charge in [0.15, 0.2) is 0 Å². The third kappa shape index (κ3) is 5.32. The molecule has 0 spiro atoms. The fourth-order valence-electron chi connectivity index (χ4n) is 4.39. The maximum Gasteiger partial charge on any atom is 0.341 e. The molecule has 2 heterocycles. The Labute approximate surface area is 205 Å². The van der Waals surface area contributed by atoms with Crippen molar-refractivity contribution in [1.82, 2.24) is 9.88 Å². The number of carbonyl (C=O) groups excluding carboxylic acids is 1. The van der Waals surface area contributed by atoms with Crippen molar-refractivity contribution in [2.45, 2.75) is 27.7 Å². The average Bonchev–Trinajstić information content (AvgIpc) is 2.85. The number of halogens is 1. The second kappa shape index (κ2) is 10.9. The maximum absolute atomic E-state index is 14.8. The van der Waals surface area contributed by atoms with Gasteiger partial charge >= 0.3 is 5.97 Å². The number of fused-ring (bicyclic) bond motifs is 1. The van der Waals surface area contributed by atoms with Gasteiger partial charge in [0.25, 0.3) is 0 Å². The molecule has 4 rings (SSSR count). The van der Waals surface area contributed by atoms with Gasteiger partial charge in [-0.05, 0) is 51.1 Å². The van der Waals surface area contributed by atoms with Gasteiger partial charge in [0.2, 0.25) is 0 Å². The smallest absolute Gasteiger partial charge is 0.341 e. The lowest BCUT2D eigenvalue weighted by molar-refractivity contribution is 0.0527. The fraction of sp³-hybridized carbons (Fsp3) is 0.407. The molecule has 0 atom stereocenters. The van der Waals surface area contributed by atoms with Gasteiger partial charge in [-0.15, -0.1) is 0 Å². The van der Waals surface area contributed by atoms with Crippen molar-refractivity contribution in [3.05, 3.63) is 53.5 Å². The second-order valence-corrected chi connectivity index (χ2v) is 8.57. The normalized spacial score (nSPS) is 14.3. The van der Waals surface area contributed by atoms with Gasteiger partial charge in [0.05, 0.1) is 35.8 Å². The van der Waals surface area contributed by atoms with E-state index in [1.54, 1.807) is 13.0 Å². The Morgan fingerprint density at radius 3 is 2.51 bits per heavy atom. The van der Waals surface area contributed by atoms with E-state index in [0.29, 0.717) is 23.2 Å². The van der Waals surface area contributed by atoms with Crippen LogP contribution in [0.5, 0.6) is 5.75 Å². The first-order valence-electron chi connectivity index (χ1n) is 12.2. The number of nitrogens with one attached hydrogen (secondary N) is 1. The molecular formula is C27H33FN4O3. The van der Waals surface area contributed by atoms with E-state index in [0.717, 1.165) is 49.7 Å². The predicted octanol–water partition coefficient (Wildman–Crippen LogP) is 5.14. The zero-order valence-corrected chi connectivity index (χ0v) is 20.9. The summed E-state index contributed by atoms with van der Waals surface area (Å²) in [6, 6.07) is 8.84. The number of hydrogen-bond acceptors (Lipinski definition) is 7. The molecule has 0 saturated carbocycles. The number of pyridine rings is 1. The topological polar surface area (TPSA) is 66.9 Å². The van der Waals surface area contributed by atoms with E-state index in [1.807, 2.05) is 32.0 Å². The van der Waals surface area contributed by atoms with Crippen molar-refractivity contribution < 1.29 is 18.7 Å². The minimum atomic E-state index is -0.510. The Kier molecular flexibility index (Phi) is 7.70. The number of esters is 1. The van der Waals surface area contributed by atoms with Crippen molar-refractivity contribution >= 4 is 33.9 Å². The minimum absolute atomic E-state index is 0.228. The summed E-state index contributed by atoms with van der Waals surface area (Å²) >= 11 is 0. The molecular weight excluding hydrogens is 447 g/mol. The van der Waals surface area contributed by atoms with Crippen molar-refractivity contribution in [2.24, 2.45) is 0 Å². The van der Waals surface area contributed by atoms with Crippen LogP contribution in [0.1, 0.15) is 36.7 Å². The lowest BCUT2D eigenvalue weighted by atomic mass is 10.1. The van der Waals surface area contributed by atoms with E-state index in [2.05, 4.69) is 27.0 Å². The van der Waals surface area contributed by atoms with Crippen molar-refractivity contribution in [3.8, 4) is 5.75 Å². The molecule has 186 valence electrons. The lowest BCUT2D eigenvalue weighted by Gasteiger charge is -2.36. The summed E-state index contributed by atoms with van der Waals surface area (Å²) < 4.78 is 26.1. The predicted molar refractivity (Wildman–Crippen MR) is 138 cm³/mol. The molecule has 1 N–H and O–H groups in total. The van der Waals surface area contributed by atoms with Crippen LogP contribution in [-0.4, -0.2) is 61.8 Å². The number of likely N-dealkylation sites (N-methyl/N-ethyl adjacent to an activating group) is 1. The van der Waals surface area contributed by atoms with Gasteiger partial charge in [0, 0.05) is 43.8 Å². The highest BCUT2D eigenvalue weighted by Crippen LogP contribution is 2.39. The molecule has 35 heavy (non-hydrogen) atoms. The van der Waals surface area contributed by atoms with Crippen LogP contribution in [0.15, 0.2) is 36.5 Å². The molecule has 7 nitrogen and oxygen atoms in total. The monoisotopic (exact) mass is 480 g/mol. The lowest BCUT2D eigenvalue weighted by Crippen LogP contribution is -2.46. The van der Waals surface area contributed by atoms with Gasteiger partial charge in [-0.3, -0.25) is 4.98 Å². The minimum Gasteiger partial charge on any atom is -0.492 e. The van der Waals surface area contributed by atoms with E-state index in [1.165, 1.54) is 12.3 Å². The Morgan fingerprint density at radius 2 is 1.86 bits per heavy atom. The molecule has 1 saturated heterocycles. The molecule has 0 unspecified atom stereocenters. The number of piperazine rings is 1. The van der Waals surface area contributed by atoms with Crippen LogP contribution < -0.4 is 15.0 Å². The zero-order valence-electron chi connectivity index (χ0n) is 20.9. The number of hydrogen-bond donors (Lipinski definition) is 1. The van der Waals surface area contributed by atoms with Crippen LogP contribution in [0.25, 0.3) is 10.9 Å². The standard InChI is InChI=1S/C27H33FN4O3/c1-5-31-10-12-32(13-11-31)24-15-19-23(16-25(24)34-6-2)29-17-20(27(33)35-7-3)26(19)30-22-9-8-18(4)14-21(22)28/h8-9,14-17H,5-7,10-13H2,1-4H3,(H,29,30). The molecule has 1 aliphatic heterocycles. The largest absolute Gasteiger partial charge is 0.492 e. The number of ether oxygens (including phenoxy) is 2. The van der Waals surface area contributed by atoms with Crippen LogP contribution in [0.3, 0.4) is 0 Å². The van der Waals surface area contributed by atoms with Crippen LogP contribution >= 0.6 is 0 Å². The number of rotatable bonds is 8. The third-order valence-electron chi connectivity index (χ3n) is 6.29. The molecule has 1 aliphatic rings. The van der Waals surface area contributed by atoms with Crippen molar-refractivity contribution in [2.75, 3.05) is 56.2 Å². The van der Waals surface area contributed by atoms with Crippen LogP contribution in [0.4, 0.5) is 21.5 Å². The molecule has 0 amide bonds. The number of aromatic nitrogens is 1. The number of benzene rings is 2. The summed E-state index contributed by atoms with van der Waals surface area (Å²) in [5.41, 5.74) is 3.39. The molecule has 1 fully saturated rings. The summed E-state index contributed by atoms with van der Waals surface area (Å²) in [5, 5.41) is 3.87. The van der Waals surface area contributed by atoms with E-state index in [9.17, 15) is 9.18 Å². The maximum atomic E-state index is 14.8. The van der Waals surface area contributed by atoms with Gasteiger partial charge in [-0.2, -0.15) is 0 Å². The third-order valence-corrected chi connectivity index (χ3v) is 6.29. The highest BCUT2D eigenvalue weighted by molar-refractivity contribution is 6.07. The Balaban J connectivity index is 1.87. The summed E-state index contributed by atoms with van der Waals surface area (Å²) in [6.45, 7) is 13.1. The van der Waals surface area contributed by atoms with E-state index in [4.69, 9.17) is 9.47 Å². The van der Waals surface area contributed by atoms with Gasteiger partial charge in [0.1, 0.15) is 17.1 Å². The average molecular weight is 481 g/mol. The molecule has 0 aliphatic carbocycles. The summed E-state index contributed by atoms with van der Waals surface area (Å²) in [7, 11) is 0. The molecule has 0 bridgehead atoms. The van der Waals surface area contributed by atoms with Crippen LogP contribution in [-0.2, 0) is 4.74 Å². The van der Waals surface area contributed by atoms with Crippen LogP contribution in [0.2, 0.25) is 0 Å². The van der Waals surface area contributed by atoms with Crippen molar-refractivity contribution in [1.29, 1.82) is 0 Å². The molecule has 1 aromatic heterocycles. The first-order chi connectivity index (χ1) is 16.9. The Bertz CT molecular complexity index is 1210. The summed E-state index contributed by atoms with van der Waals surface area (Å²) in [6.07, 6.45) is 1.48. The number of carbonyl (C=O) groups is 1. The molecule has 0 radical (unpaired) electrons.